The average Bonchev–Trinajstić information content (AvgIpc) is 2.49. The lowest BCUT2D eigenvalue weighted by atomic mass is 10.1. The molecule has 0 spiro atoms. The summed E-state index contributed by atoms with van der Waals surface area (Å²) in [5.74, 6) is -0.759. The molecule has 0 radical (unpaired) electrons. The van der Waals surface area contributed by atoms with Gasteiger partial charge in [-0.3, -0.25) is 0 Å². The highest BCUT2D eigenvalue weighted by Crippen LogP contribution is 2.57. The van der Waals surface area contributed by atoms with Crippen LogP contribution >= 0.6 is 271 Å². The van der Waals surface area contributed by atoms with Gasteiger partial charge in [-0.05, 0) is 0 Å². The van der Waals surface area contributed by atoms with E-state index in [1.165, 1.54) is 0 Å². The molecule has 0 saturated carbocycles. The molecule has 0 fully saturated rings. The summed E-state index contributed by atoms with van der Waals surface area (Å²) >= 11 is 29.2. The number of halogens is 12. The average molecular weight is 1680 g/mol. The molecule has 1 N–H and O–H groups in total. The van der Waals surface area contributed by atoms with E-state index < -0.39 is 7.40 Å². The van der Waals surface area contributed by atoms with Crippen molar-refractivity contribution in [1.82, 2.24) is 0 Å². The lowest BCUT2D eigenvalue weighted by Crippen LogP contribution is -2.52. The van der Waals surface area contributed by atoms with Crippen LogP contribution < -0.4 is 0 Å². The summed E-state index contributed by atoms with van der Waals surface area (Å²) in [4.78, 5) is 11.7. The summed E-state index contributed by atoms with van der Waals surface area (Å²) in [6.45, 7) is 0. The van der Waals surface area contributed by atoms with Crippen LogP contribution in [0.2, 0.25) is 0 Å². The van der Waals surface area contributed by atoms with Gasteiger partial charge in [0.05, 0.1) is 5.86 Å². The fourth-order valence-electron chi connectivity index (χ4n) is 1.34. The molecule has 14 heteroatoms. The van der Waals surface area contributed by atoms with Crippen molar-refractivity contribution in [2.24, 2.45) is 0 Å². The van der Waals surface area contributed by atoms with E-state index in [4.69, 9.17) is 0 Å². The number of carbonyl (C=O) groups is 1. The number of carboxylic acid groups (broad SMARTS) is 1. The number of rotatable bonds is 9. The SMILES string of the molecule is O=C(O)C(I)(I)C(I)(I)C(I)C(I)C(I)C(I)C(I)C(I)C(I)I. The molecule has 0 rings (SSSR count). The molecule has 0 aliphatic carbocycles. The van der Waals surface area contributed by atoms with Gasteiger partial charge in [0.15, 0.2) is 1.43 Å². The molecular formula is C10H8I12O2. The van der Waals surface area contributed by atoms with Gasteiger partial charge in [-0.1, -0.05) is 271 Å². The van der Waals surface area contributed by atoms with Gasteiger partial charge in [0.1, 0.15) is 1.43 Å². The van der Waals surface area contributed by atoms with Crippen LogP contribution in [0.4, 0.5) is 0 Å². The van der Waals surface area contributed by atoms with Gasteiger partial charge in [0.25, 0.3) is 0 Å². The highest BCUT2D eigenvalue weighted by Gasteiger charge is 2.57. The van der Waals surface area contributed by atoms with Crippen LogP contribution in [-0.2, 0) is 4.79 Å². The molecule has 0 aliphatic heterocycles. The monoisotopic (exact) mass is 1680 g/mol. The van der Waals surface area contributed by atoms with Crippen LogP contribution in [0.5, 0.6) is 0 Å². The third-order valence-electron chi connectivity index (χ3n) is 2.77. The van der Waals surface area contributed by atoms with Gasteiger partial charge in [-0.2, -0.15) is 0 Å². The second-order valence-corrected chi connectivity index (χ2v) is 28.8. The standard InChI is InChI=1S/C10H8I12O2/c11-1(3(13)5(15)7(17)18)2(12)4(14)6(16)9(19,20)10(21,22)8(23)24/h1-7H,(H,23,24). The van der Waals surface area contributed by atoms with Gasteiger partial charge in [0.2, 0.25) is 0 Å². The van der Waals surface area contributed by atoms with Crippen molar-refractivity contribution in [3.8, 4) is 0 Å². The van der Waals surface area contributed by atoms with Crippen molar-refractivity contribution >= 4 is 277 Å². The molecule has 6 atom stereocenters. The topological polar surface area (TPSA) is 37.3 Å². The molecule has 0 bridgehead atoms. The Bertz CT molecular complexity index is 430. The largest absolute Gasteiger partial charge is 0.480 e. The maximum absolute atomic E-state index is 11.7. The predicted molar refractivity (Wildman–Crippen MR) is 208 cm³/mol. The number of hydrogen-bond acceptors (Lipinski definition) is 1. The summed E-state index contributed by atoms with van der Waals surface area (Å²) in [7, 11) is 0. The minimum Gasteiger partial charge on any atom is -0.480 e. The number of alkyl halides is 12. The Balaban J connectivity index is 5.32. The molecule has 6 unspecified atom stereocenters. The third-order valence-corrected chi connectivity index (χ3v) is 35.4. The summed E-state index contributed by atoms with van der Waals surface area (Å²) in [6.07, 6.45) is 0. The molecule has 0 amide bonds. The van der Waals surface area contributed by atoms with Crippen molar-refractivity contribution < 1.29 is 9.90 Å². The lowest BCUT2D eigenvalue weighted by molar-refractivity contribution is -0.136. The predicted octanol–water partition coefficient (Wildman–Crippen LogP) is 9.22. The van der Waals surface area contributed by atoms with Crippen molar-refractivity contribution in [3.63, 3.8) is 0 Å². The first-order chi connectivity index (χ1) is 10.6. The van der Waals surface area contributed by atoms with Crippen LogP contribution in [0.15, 0.2) is 0 Å². The van der Waals surface area contributed by atoms with Crippen LogP contribution in [0.25, 0.3) is 0 Å². The Labute approximate surface area is 306 Å². The first-order valence-corrected chi connectivity index (χ1v) is 20.0. The molecule has 24 heavy (non-hydrogen) atoms. The zero-order chi connectivity index (χ0) is 19.6. The molecular weight excluding hydrogens is 1670 g/mol. The first kappa shape index (κ1) is 32.2. The molecule has 0 heterocycles. The zero-order valence-corrected chi connectivity index (χ0v) is 36.8. The van der Waals surface area contributed by atoms with Gasteiger partial charge < -0.3 is 5.11 Å². The molecule has 0 aromatic heterocycles. The Kier molecular flexibility index (Phi) is 19.6. The van der Waals surface area contributed by atoms with Crippen LogP contribution in [-0.4, -0.2) is 39.4 Å². The second kappa shape index (κ2) is 14.6. The zero-order valence-electron chi connectivity index (χ0n) is 10.9. The van der Waals surface area contributed by atoms with Gasteiger partial charge in [0, 0.05) is 19.6 Å². The Morgan fingerprint density at radius 1 is 0.667 bits per heavy atom. The first-order valence-electron chi connectivity index (χ1n) is 5.72. The Morgan fingerprint density at radius 3 is 1.33 bits per heavy atom. The van der Waals surface area contributed by atoms with Gasteiger partial charge in [-0.25, -0.2) is 4.79 Å². The van der Waals surface area contributed by atoms with E-state index in [1.807, 2.05) is 0 Å². The van der Waals surface area contributed by atoms with Crippen molar-refractivity contribution in [2.75, 3.05) is 0 Å². The summed E-state index contributed by atoms with van der Waals surface area (Å²) in [5.41, 5.74) is 0. The smallest absolute Gasteiger partial charge is 0.331 e. The molecule has 0 aromatic rings. The van der Waals surface area contributed by atoms with E-state index in [2.05, 4.69) is 271 Å². The summed E-state index contributed by atoms with van der Waals surface area (Å²) in [6, 6.07) is 0. The fraction of sp³-hybridized carbons (Fsp3) is 0.900. The number of hydrogen-bond donors (Lipinski definition) is 1. The molecule has 0 saturated heterocycles. The van der Waals surface area contributed by atoms with Crippen LogP contribution in [0.1, 0.15) is 0 Å². The quantitative estimate of drug-likeness (QED) is 0.185. The van der Waals surface area contributed by atoms with Crippen molar-refractivity contribution in [1.29, 1.82) is 0 Å². The maximum Gasteiger partial charge on any atom is 0.331 e. The van der Waals surface area contributed by atoms with E-state index in [0.717, 1.165) is 0 Å². The van der Waals surface area contributed by atoms with Gasteiger partial charge in [-0.15, -0.1) is 0 Å². The minimum atomic E-state index is -0.846. The summed E-state index contributed by atoms with van der Waals surface area (Å²) in [5, 5.41) is 9.64. The minimum absolute atomic E-state index is 0.229. The maximum atomic E-state index is 11.7. The second-order valence-electron chi connectivity index (χ2n) is 4.46. The Morgan fingerprint density at radius 2 is 1.00 bits per heavy atom. The lowest BCUT2D eigenvalue weighted by Gasteiger charge is -2.40. The van der Waals surface area contributed by atoms with Crippen molar-refractivity contribution in [3.05, 3.63) is 0 Å². The van der Waals surface area contributed by atoms with Crippen LogP contribution in [0, 0.1) is 0 Å². The van der Waals surface area contributed by atoms with E-state index in [9.17, 15) is 9.90 Å². The van der Waals surface area contributed by atoms with Crippen LogP contribution in [0.3, 0.4) is 0 Å². The van der Waals surface area contributed by atoms with E-state index in [-0.39, 0.29) is 5.35 Å². The normalized spacial score (nSPS) is 21.0. The van der Waals surface area contributed by atoms with Gasteiger partial charge >= 0.3 is 5.97 Å². The highest BCUT2D eigenvalue weighted by atomic mass is 127. The highest BCUT2D eigenvalue weighted by molar-refractivity contribution is 14.2. The summed E-state index contributed by atoms with van der Waals surface area (Å²) < 4.78 is 2.16. The molecule has 0 aliphatic rings. The van der Waals surface area contributed by atoms with E-state index in [0.29, 0.717) is 21.6 Å². The number of aliphatic carboxylic acids is 1. The van der Waals surface area contributed by atoms with E-state index >= 15 is 0 Å². The third kappa shape index (κ3) is 9.12. The van der Waals surface area contributed by atoms with Crippen molar-refractivity contribution in [2.45, 2.75) is 28.3 Å². The fourth-order valence-corrected chi connectivity index (χ4v) is 16.4. The van der Waals surface area contributed by atoms with E-state index in [1.54, 1.807) is 0 Å². The Hall–Kier alpha value is 8.23. The molecule has 0 aromatic carbocycles. The number of carboxylic acids is 1. The molecule has 2 nitrogen and oxygen atoms in total. The molecule has 144 valence electrons.